The molecule has 0 atom stereocenters. The van der Waals surface area contributed by atoms with E-state index >= 15 is 0 Å². The molecule has 1 rings (SSSR count). The third-order valence-corrected chi connectivity index (χ3v) is 4.63. The Morgan fingerprint density at radius 1 is 1.38 bits per heavy atom. The molecule has 0 aromatic carbocycles. The van der Waals surface area contributed by atoms with Crippen LogP contribution in [0.25, 0.3) is 0 Å². The van der Waals surface area contributed by atoms with Gasteiger partial charge in [-0.15, -0.1) is 11.3 Å². The summed E-state index contributed by atoms with van der Waals surface area (Å²) in [6.45, 7) is 0.0932. The number of anilines is 2. The number of nitrogens with one attached hydrogen (secondary N) is 2. The average Bonchev–Trinajstić information content (AvgIpc) is 2.72. The van der Waals surface area contributed by atoms with Gasteiger partial charge in [0.05, 0.1) is 18.6 Å². The highest BCUT2D eigenvalue weighted by Crippen LogP contribution is 2.36. The predicted octanol–water partition coefficient (Wildman–Crippen LogP) is -0.0670. The largest absolute Gasteiger partial charge is 0.465 e. The van der Waals surface area contributed by atoms with Crippen molar-refractivity contribution >= 4 is 43.7 Å². The SMILES string of the molecule is CNC(=O)c1sc(NCCS(C)(=O)=O)c(C(=O)OC)c1N. The number of rotatable bonds is 6. The first-order valence-electron chi connectivity index (χ1n) is 5.85. The van der Waals surface area contributed by atoms with Gasteiger partial charge in [0.15, 0.2) is 0 Å². The first-order valence-corrected chi connectivity index (χ1v) is 8.73. The zero-order valence-corrected chi connectivity index (χ0v) is 13.5. The number of nitrogens with two attached hydrogens (primary N) is 1. The summed E-state index contributed by atoms with van der Waals surface area (Å²) in [5.74, 6) is -1.24. The van der Waals surface area contributed by atoms with E-state index in [0.717, 1.165) is 17.6 Å². The van der Waals surface area contributed by atoms with Crippen LogP contribution < -0.4 is 16.4 Å². The van der Waals surface area contributed by atoms with E-state index in [4.69, 9.17) is 5.73 Å². The molecule has 0 aliphatic heterocycles. The molecule has 1 aromatic heterocycles. The van der Waals surface area contributed by atoms with Gasteiger partial charge in [0.2, 0.25) is 0 Å². The number of hydrogen-bond donors (Lipinski definition) is 3. The monoisotopic (exact) mass is 335 g/mol. The van der Waals surface area contributed by atoms with E-state index in [1.807, 2.05) is 0 Å². The van der Waals surface area contributed by atoms with Crippen molar-refractivity contribution in [2.75, 3.05) is 43.8 Å². The smallest absolute Gasteiger partial charge is 0.343 e. The minimum absolute atomic E-state index is 0.00746. The molecule has 0 unspecified atom stereocenters. The van der Waals surface area contributed by atoms with Crippen molar-refractivity contribution in [3.05, 3.63) is 10.4 Å². The van der Waals surface area contributed by atoms with Crippen molar-refractivity contribution in [1.29, 1.82) is 0 Å². The number of carbonyl (C=O) groups excluding carboxylic acids is 2. The summed E-state index contributed by atoms with van der Waals surface area (Å²) in [6, 6.07) is 0. The first kappa shape index (κ1) is 17.2. The second-order valence-corrected chi connectivity index (χ2v) is 7.46. The van der Waals surface area contributed by atoms with Crippen molar-refractivity contribution in [3.8, 4) is 0 Å². The Hall–Kier alpha value is -1.81. The van der Waals surface area contributed by atoms with Crippen LogP contribution in [-0.4, -0.2) is 53.0 Å². The summed E-state index contributed by atoms with van der Waals surface area (Å²) in [4.78, 5) is 23.6. The summed E-state index contributed by atoms with van der Waals surface area (Å²) in [7, 11) is -0.508. The number of thiophene rings is 1. The minimum atomic E-state index is -3.14. The van der Waals surface area contributed by atoms with Gasteiger partial charge in [-0.05, 0) is 0 Å². The molecule has 0 aliphatic carbocycles. The Kier molecular flexibility index (Phi) is 5.55. The van der Waals surface area contributed by atoms with Gasteiger partial charge < -0.3 is 21.1 Å². The fourth-order valence-electron chi connectivity index (χ4n) is 1.51. The Morgan fingerprint density at radius 2 is 2.00 bits per heavy atom. The maximum Gasteiger partial charge on any atom is 0.343 e. The fourth-order valence-corrected chi connectivity index (χ4v) is 3.06. The Bertz CT molecular complexity index is 651. The molecule has 1 aromatic rings. The van der Waals surface area contributed by atoms with Gasteiger partial charge in [-0.25, -0.2) is 13.2 Å². The Morgan fingerprint density at radius 3 is 2.48 bits per heavy atom. The van der Waals surface area contributed by atoms with E-state index in [9.17, 15) is 18.0 Å². The maximum atomic E-state index is 11.8. The van der Waals surface area contributed by atoms with E-state index in [0.29, 0.717) is 5.00 Å². The number of carbonyl (C=O) groups is 2. The lowest BCUT2D eigenvalue weighted by molar-refractivity contribution is 0.0603. The summed E-state index contributed by atoms with van der Waals surface area (Å²) in [6.07, 6.45) is 1.11. The highest BCUT2D eigenvalue weighted by Gasteiger charge is 2.25. The zero-order valence-electron chi connectivity index (χ0n) is 11.8. The van der Waals surface area contributed by atoms with E-state index in [2.05, 4.69) is 15.4 Å². The standard InChI is InChI=1S/C11H17N3O5S2/c1-13-9(15)8-7(12)6(11(16)19-2)10(20-8)14-4-5-21(3,17)18/h14H,4-5,12H2,1-3H3,(H,13,15). The van der Waals surface area contributed by atoms with Gasteiger partial charge in [-0.3, -0.25) is 4.79 Å². The fraction of sp³-hybridized carbons (Fsp3) is 0.455. The van der Waals surface area contributed by atoms with Gasteiger partial charge in [-0.2, -0.15) is 0 Å². The van der Waals surface area contributed by atoms with Crippen molar-refractivity contribution < 1.29 is 22.7 Å². The van der Waals surface area contributed by atoms with Crippen molar-refractivity contribution in [2.45, 2.75) is 0 Å². The van der Waals surface area contributed by atoms with Crippen LogP contribution in [-0.2, 0) is 14.6 Å². The molecule has 0 aliphatic rings. The molecule has 0 saturated heterocycles. The molecular weight excluding hydrogens is 318 g/mol. The minimum Gasteiger partial charge on any atom is -0.465 e. The van der Waals surface area contributed by atoms with Gasteiger partial charge in [0, 0.05) is 19.8 Å². The predicted molar refractivity (Wildman–Crippen MR) is 81.7 cm³/mol. The second-order valence-electron chi connectivity index (χ2n) is 4.18. The van der Waals surface area contributed by atoms with Gasteiger partial charge >= 0.3 is 5.97 Å². The van der Waals surface area contributed by atoms with Crippen molar-refractivity contribution in [1.82, 2.24) is 5.32 Å². The van der Waals surface area contributed by atoms with Crippen molar-refractivity contribution in [3.63, 3.8) is 0 Å². The number of nitrogen functional groups attached to an aromatic ring is 1. The van der Waals surface area contributed by atoms with Gasteiger partial charge in [0.25, 0.3) is 5.91 Å². The number of amides is 1. The van der Waals surface area contributed by atoms with Crippen LogP contribution in [0.4, 0.5) is 10.7 Å². The number of methoxy groups -OCH3 is 1. The van der Waals surface area contributed by atoms with Crippen LogP contribution in [0, 0.1) is 0 Å². The average molecular weight is 335 g/mol. The molecular formula is C11H17N3O5S2. The van der Waals surface area contributed by atoms with Gasteiger partial charge in [-0.1, -0.05) is 0 Å². The third kappa shape index (κ3) is 4.33. The Labute approximate surface area is 126 Å². The van der Waals surface area contributed by atoms with Crippen LogP contribution in [0.3, 0.4) is 0 Å². The highest BCUT2D eigenvalue weighted by atomic mass is 32.2. The van der Waals surface area contributed by atoms with E-state index in [-0.39, 0.29) is 28.4 Å². The summed E-state index contributed by atoms with van der Waals surface area (Å²) < 4.78 is 26.8. The van der Waals surface area contributed by atoms with Gasteiger partial charge in [0.1, 0.15) is 25.3 Å². The molecule has 4 N–H and O–H groups in total. The number of sulfone groups is 1. The molecule has 8 nitrogen and oxygen atoms in total. The lowest BCUT2D eigenvalue weighted by Gasteiger charge is -2.06. The molecule has 0 fully saturated rings. The summed E-state index contributed by atoms with van der Waals surface area (Å²) in [5, 5.41) is 5.53. The number of ether oxygens (including phenoxy) is 1. The maximum absolute atomic E-state index is 11.8. The second kappa shape index (κ2) is 6.76. The van der Waals surface area contributed by atoms with Crippen LogP contribution in [0.15, 0.2) is 0 Å². The topological polar surface area (TPSA) is 128 Å². The van der Waals surface area contributed by atoms with Crippen LogP contribution in [0.5, 0.6) is 0 Å². The van der Waals surface area contributed by atoms with E-state index < -0.39 is 21.7 Å². The molecule has 0 spiro atoms. The molecule has 118 valence electrons. The molecule has 0 saturated carbocycles. The van der Waals surface area contributed by atoms with E-state index in [1.54, 1.807) is 0 Å². The molecule has 1 heterocycles. The summed E-state index contributed by atoms with van der Waals surface area (Å²) >= 11 is 0.969. The molecule has 0 bridgehead atoms. The summed E-state index contributed by atoms with van der Waals surface area (Å²) in [5.41, 5.74) is 5.85. The van der Waals surface area contributed by atoms with Crippen LogP contribution in [0.1, 0.15) is 20.0 Å². The highest BCUT2D eigenvalue weighted by molar-refractivity contribution is 7.90. The lowest BCUT2D eigenvalue weighted by atomic mass is 10.2. The zero-order chi connectivity index (χ0) is 16.2. The first-order chi connectivity index (χ1) is 9.71. The number of hydrogen-bond acceptors (Lipinski definition) is 8. The number of esters is 1. The third-order valence-electron chi connectivity index (χ3n) is 2.53. The molecule has 21 heavy (non-hydrogen) atoms. The molecule has 1 amide bonds. The molecule has 0 radical (unpaired) electrons. The Balaban J connectivity index is 3.11. The quantitative estimate of drug-likeness (QED) is 0.621. The van der Waals surface area contributed by atoms with E-state index in [1.165, 1.54) is 14.2 Å². The van der Waals surface area contributed by atoms with Crippen LogP contribution in [0.2, 0.25) is 0 Å². The lowest BCUT2D eigenvalue weighted by Crippen LogP contribution is -2.18. The van der Waals surface area contributed by atoms with Crippen molar-refractivity contribution in [2.24, 2.45) is 0 Å². The molecule has 10 heteroatoms. The van der Waals surface area contributed by atoms with Crippen LogP contribution >= 0.6 is 11.3 Å². The normalized spacial score (nSPS) is 11.0.